The van der Waals surface area contributed by atoms with Crippen LogP contribution >= 0.6 is 0 Å². The Labute approximate surface area is 154 Å². The van der Waals surface area contributed by atoms with Crippen molar-refractivity contribution in [3.63, 3.8) is 0 Å². The molecule has 1 aromatic rings. The average molecular weight is 382 g/mol. The molecule has 2 aliphatic rings. The van der Waals surface area contributed by atoms with Crippen LogP contribution in [0.3, 0.4) is 0 Å². The molecule has 3 rings (SSSR count). The first-order valence-electron chi connectivity index (χ1n) is 8.98. The molecule has 1 aliphatic heterocycles. The topological polar surface area (TPSA) is 96.0 Å². The fourth-order valence-electron chi connectivity index (χ4n) is 3.61. The fraction of sp³-hybridized carbons (Fsp3) is 0.611. The van der Waals surface area contributed by atoms with E-state index in [2.05, 4.69) is 0 Å². The highest BCUT2D eigenvalue weighted by Crippen LogP contribution is 2.25. The molecule has 1 saturated heterocycles. The summed E-state index contributed by atoms with van der Waals surface area (Å²) in [6.45, 7) is 2.53. The van der Waals surface area contributed by atoms with Gasteiger partial charge in [-0.3, -0.25) is 4.90 Å². The van der Waals surface area contributed by atoms with Crippen LogP contribution in [0.4, 0.5) is 0 Å². The van der Waals surface area contributed by atoms with Gasteiger partial charge in [-0.1, -0.05) is 12.1 Å². The third-order valence-corrected chi connectivity index (χ3v) is 5.63. The second-order valence-corrected chi connectivity index (χ2v) is 8.26. The van der Waals surface area contributed by atoms with Crippen LogP contribution in [0.25, 0.3) is 0 Å². The van der Waals surface area contributed by atoms with Gasteiger partial charge in [0.05, 0.1) is 34.6 Å². The number of hydrogen-bond donors (Lipinski definition) is 0. The summed E-state index contributed by atoms with van der Waals surface area (Å²) in [4.78, 5) is 14.6. The predicted molar refractivity (Wildman–Crippen MR) is 94.1 cm³/mol. The molecule has 26 heavy (non-hydrogen) atoms. The van der Waals surface area contributed by atoms with Gasteiger partial charge in [0.25, 0.3) is 0 Å². The van der Waals surface area contributed by atoms with Gasteiger partial charge in [0.2, 0.25) is 0 Å². The van der Waals surface area contributed by atoms with Gasteiger partial charge in [0.1, 0.15) is 6.10 Å². The monoisotopic (exact) mass is 382 g/mol. The highest BCUT2D eigenvalue weighted by Gasteiger charge is 2.25. The molecule has 0 spiro atoms. The fourth-order valence-corrected chi connectivity index (χ4v) is 4.24. The number of hydrogen-bond acceptors (Lipinski definition) is 7. The van der Waals surface area contributed by atoms with Gasteiger partial charge >= 0.3 is 5.97 Å². The van der Waals surface area contributed by atoms with E-state index in [4.69, 9.17) is 9.47 Å². The van der Waals surface area contributed by atoms with E-state index in [-0.39, 0.29) is 6.54 Å². The zero-order valence-electron chi connectivity index (χ0n) is 14.7. The van der Waals surface area contributed by atoms with Crippen molar-refractivity contribution in [1.82, 2.24) is 4.90 Å². The Morgan fingerprint density at radius 2 is 1.96 bits per heavy atom. The van der Waals surface area contributed by atoms with Crippen LogP contribution in [0.2, 0.25) is 0 Å². The average Bonchev–Trinajstić information content (AvgIpc) is 2.60. The second-order valence-electron chi connectivity index (χ2n) is 6.81. The summed E-state index contributed by atoms with van der Waals surface area (Å²) < 4.78 is 44.5. The summed E-state index contributed by atoms with van der Waals surface area (Å²) in [5, 5.41) is 0. The van der Waals surface area contributed by atoms with E-state index in [1.54, 1.807) is 6.07 Å². The van der Waals surface area contributed by atoms with E-state index in [9.17, 15) is 17.8 Å². The molecule has 8 heteroatoms. The number of esters is 1. The Bertz CT molecular complexity index is 742. The van der Waals surface area contributed by atoms with Gasteiger partial charge in [-0.15, -0.1) is 0 Å². The van der Waals surface area contributed by atoms with E-state index < -0.39 is 27.9 Å². The molecule has 0 aromatic heterocycles. The van der Waals surface area contributed by atoms with E-state index in [1.165, 1.54) is 0 Å². The summed E-state index contributed by atoms with van der Waals surface area (Å²) >= 11 is 0. The maximum atomic E-state index is 12.7. The van der Waals surface area contributed by atoms with Gasteiger partial charge in [-0.25, -0.2) is 13.2 Å². The molecular weight excluding hydrogens is 358 g/mol. The van der Waals surface area contributed by atoms with Gasteiger partial charge in [-0.05, 0) is 42.9 Å². The molecule has 144 valence electrons. The maximum Gasteiger partial charge on any atom is 0.338 e. The lowest BCUT2D eigenvalue weighted by molar-refractivity contribution is 0.000856. The molecular formula is C18H24NO6S-. The number of nitrogens with zero attached hydrogens (tertiary/aromatic N) is 1. The zero-order chi connectivity index (χ0) is 18.6. The van der Waals surface area contributed by atoms with Gasteiger partial charge in [0.15, 0.2) is 0 Å². The van der Waals surface area contributed by atoms with Crippen molar-refractivity contribution >= 4 is 16.1 Å². The molecule has 1 aliphatic carbocycles. The van der Waals surface area contributed by atoms with Crippen LogP contribution in [0.15, 0.2) is 18.2 Å². The summed E-state index contributed by atoms with van der Waals surface area (Å²) in [5.41, 5.74) is 2.61. The minimum atomic E-state index is -4.50. The Hall–Kier alpha value is -1.48. The molecule has 0 radical (unpaired) electrons. The molecule has 7 nitrogen and oxygen atoms in total. The lowest BCUT2D eigenvalue weighted by Gasteiger charge is -2.30. The van der Waals surface area contributed by atoms with Crippen LogP contribution in [0.1, 0.15) is 34.3 Å². The number of carbonyl (C=O) groups excluding carboxylic acids is 1. The molecule has 0 bridgehead atoms. The summed E-state index contributed by atoms with van der Waals surface area (Å²) in [6.07, 6.45) is 2.88. The minimum Gasteiger partial charge on any atom is -0.748 e. The van der Waals surface area contributed by atoms with Crippen molar-refractivity contribution in [1.29, 1.82) is 0 Å². The van der Waals surface area contributed by atoms with Crippen molar-refractivity contribution in [2.24, 2.45) is 0 Å². The summed E-state index contributed by atoms with van der Waals surface area (Å²) in [6, 6.07) is 5.55. The van der Waals surface area contributed by atoms with Gasteiger partial charge in [-0.2, -0.15) is 0 Å². The molecule has 0 saturated carbocycles. The number of ether oxygens (including phenoxy) is 2. The first-order valence-corrected chi connectivity index (χ1v) is 10.6. The second kappa shape index (κ2) is 8.47. The van der Waals surface area contributed by atoms with Crippen LogP contribution in [-0.4, -0.2) is 68.5 Å². The lowest BCUT2D eigenvalue weighted by Crippen LogP contribution is -2.44. The summed E-state index contributed by atoms with van der Waals surface area (Å²) in [7, 11) is -4.50. The standard InChI is InChI=1S/C18H25NO6S/c20-18(17-7-3-5-14-4-1-2-6-16(14)17)25-15(13-26(21,22)23)12-19-8-10-24-11-9-19/h3,5,7,15H,1-2,4,6,8-13H2,(H,21,22,23)/p-1. The van der Waals surface area contributed by atoms with Crippen LogP contribution in [-0.2, 0) is 32.4 Å². The molecule has 1 unspecified atom stereocenters. The van der Waals surface area contributed by atoms with E-state index in [0.29, 0.717) is 31.9 Å². The van der Waals surface area contributed by atoms with Gasteiger partial charge < -0.3 is 14.0 Å². The molecule has 1 atom stereocenters. The Morgan fingerprint density at radius 1 is 1.23 bits per heavy atom. The quantitative estimate of drug-likeness (QED) is 0.534. The Kier molecular flexibility index (Phi) is 6.29. The zero-order valence-corrected chi connectivity index (χ0v) is 15.5. The Balaban J connectivity index is 1.74. The van der Waals surface area contributed by atoms with E-state index in [1.807, 2.05) is 17.0 Å². The number of morpholine rings is 1. The lowest BCUT2D eigenvalue weighted by atomic mass is 9.88. The number of benzene rings is 1. The van der Waals surface area contributed by atoms with Crippen LogP contribution in [0, 0.1) is 0 Å². The van der Waals surface area contributed by atoms with E-state index >= 15 is 0 Å². The normalized spacial score (nSPS) is 19.6. The van der Waals surface area contributed by atoms with Crippen molar-refractivity contribution in [2.45, 2.75) is 31.8 Å². The molecule has 1 aromatic carbocycles. The Morgan fingerprint density at radius 3 is 2.69 bits per heavy atom. The number of carbonyl (C=O) groups is 1. The molecule has 1 heterocycles. The van der Waals surface area contributed by atoms with Crippen molar-refractivity contribution in [3.8, 4) is 0 Å². The summed E-state index contributed by atoms with van der Waals surface area (Å²) in [5.74, 6) is -1.27. The highest BCUT2D eigenvalue weighted by atomic mass is 32.2. The smallest absolute Gasteiger partial charge is 0.338 e. The maximum absolute atomic E-state index is 12.7. The van der Waals surface area contributed by atoms with Crippen molar-refractivity contribution in [3.05, 3.63) is 34.9 Å². The number of rotatable bonds is 6. The van der Waals surface area contributed by atoms with Crippen LogP contribution in [0.5, 0.6) is 0 Å². The van der Waals surface area contributed by atoms with E-state index in [0.717, 1.165) is 36.8 Å². The number of aryl methyl sites for hydroxylation is 1. The molecule has 0 N–H and O–H groups in total. The predicted octanol–water partition coefficient (Wildman–Crippen LogP) is 0.968. The largest absolute Gasteiger partial charge is 0.748 e. The third-order valence-electron chi connectivity index (χ3n) is 4.85. The third kappa shape index (κ3) is 5.26. The highest BCUT2D eigenvalue weighted by molar-refractivity contribution is 7.85. The van der Waals surface area contributed by atoms with Crippen molar-refractivity contribution in [2.75, 3.05) is 38.6 Å². The number of fused-ring (bicyclic) bond motifs is 1. The first-order chi connectivity index (χ1) is 12.4. The SMILES string of the molecule is O=C(OC(CN1CCOCC1)CS(=O)(=O)[O-])c1cccc2c1CCCC2. The molecule has 0 amide bonds. The molecule has 1 fully saturated rings. The van der Waals surface area contributed by atoms with Crippen LogP contribution < -0.4 is 0 Å². The van der Waals surface area contributed by atoms with Crippen molar-refractivity contribution < 1.29 is 27.2 Å². The minimum absolute atomic E-state index is 0.214. The first kappa shape index (κ1) is 19.3. The van der Waals surface area contributed by atoms with Gasteiger partial charge in [0, 0.05) is 19.6 Å².